The molecule has 0 spiro atoms. The molecule has 2 aromatic rings. The summed E-state index contributed by atoms with van der Waals surface area (Å²) in [6.07, 6.45) is 0.194. The smallest absolute Gasteiger partial charge is 0.224 e. The predicted molar refractivity (Wildman–Crippen MR) is 110 cm³/mol. The van der Waals surface area contributed by atoms with E-state index in [1.165, 1.54) is 12.1 Å². The van der Waals surface area contributed by atoms with Crippen LogP contribution in [0.25, 0.3) is 0 Å². The Balaban J connectivity index is 1.78. The number of aliphatic imine (C=N–C) groups is 1. The summed E-state index contributed by atoms with van der Waals surface area (Å²) in [7, 11) is 0. The highest BCUT2D eigenvalue weighted by Crippen LogP contribution is 2.22. The van der Waals surface area contributed by atoms with Crippen molar-refractivity contribution in [1.82, 2.24) is 16.0 Å². The second-order valence-electron chi connectivity index (χ2n) is 6.96. The van der Waals surface area contributed by atoms with Gasteiger partial charge in [0.25, 0.3) is 0 Å². The van der Waals surface area contributed by atoms with Crippen LogP contribution in [-0.4, -0.2) is 43.2 Å². The first-order valence-electron chi connectivity index (χ1n) is 9.63. The number of aryl methyl sites for hydroxylation is 1. The third-order valence-electron chi connectivity index (χ3n) is 4.18. The molecule has 0 bridgehead atoms. The zero-order valence-electron chi connectivity index (χ0n) is 17.1. The van der Waals surface area contributed by atoms with E-state index < -0.39 is 5.60 Å². The highest BCUT2D eigenvalue weighted by atomic mass is 19.1. The van der Waals surface area contributed by atoms with Crippen molar-refractivity contribution in [3.63, 3.8) is 0 Å². The molecule has 1 aromatic heterocycles. The number of halogens is 1. The number of carbonyl (C=O) groups is 1. The number of hydrogen-bond donors (Lipinski definition) is 4. The molecular weight excluding hydrogens is 375 g/mol. The number of nitrogens with zero attached hydrogens (tertiary/aromatic N) is 1. The fourth-order valence-electron chi connectivity index (χ4n) is 2.61. The van der Waals surface area contributed by atoms with Gasteiger partial charge in [-0.15, -0.1) is 0 Å². The maximum Gasteiger partial charge on any atom is 0.224 e. The van der Waals surface area contributed by atoms with Gasteiger partial charge >= 0.3 is 0 Å². The van der Waals surface area contributed by atoms with Crippen LogP contribution < -0.4 is 16.0 Å². The molecule has 1 unspecified atom stereocenters. The predicted octanol–water partition coefficient (Wildman–Crippen LogP) is 1.85. The molecule has 29 heavy (non-hydrogen) atoms. The number of hydrogen-bond acceptors (Lipinski definition) is 4. The maximum absolute atomic E-state index is 12.9. The van der Waals surface area contributed by atoms with Crippen molar-refractivity contribution in [1.29, 1.82) is 0 Å². The fraction of sp³-hybridized carbons (Fsp3) is 0.429. The molecule has 0 aliphatic heterocycles. The first kappa shape index (κ1) is 22.4. The van der Waals surface area contributed by atoms with E-state index in [9.17, 15) is 14.3 Å². The number of aliphatic hydroxyl groups is 1. The number of carbonyl (C=O) groups excluding carboxylic acids is 1. The van der Waals surface area contributed by atoms with E-state index in [1.54, 1.807) is 31.2 Å². The van der Waals surface area contributed by atoms with E-state index >= 15 is 0 Å². The Bertz CT molecular complexity index is 816. The molecule has 0 saturated heterocycles. The second kappa shape index (κ2) is 10.6. The molecule has 0 aliphatic rings. The van der Waals surface area contributed by atoms with E-state index in [0.29, 0.717) is 31.4 Å². The Hall–Kier alpha value is -2.87. The molecule has 1 aromatic carbocycles. The first-order valence-corrected chi connectivity index (χ1v) is 9.63. The monoisotopic (exact) mass is 404 g/mol. The van der Waals surface area contributed by atoms with Crippen LogP contribution in [0.15, 0.2) is 45.8 Å². The highest BCUT2D eigenvalue weighted by molar-refractivity contribution is 5.80. The molecule has 0 saturated carbocycles. The number of guanidine groups is 1. The van der Waals surface area contributed by atoms with E-state index in [2.05, 4.69) is 20.9 Å². The summed E-state index contributed by atoms with van der Waals surface area (Å²) in [5.74, 6) is 1.25. The summed E-state index contributed by atoms with van der Waals surface area (Å²) in [5.41, 5.74) is -0.470. The normalized spacial score (nSPS) is 13.6. The van der Waals surface area contributed by atoms with E-state index in [4.69, 9.17) is 4.42 Å². The zero-order valence-corrected chi connectivity index (χ0v) is 17.1. The van der Waals surface area contributed by atoms with Crippen LogP contribution in [0.3, 0.4) is 0 Å². The molecule has 2 rings (SSSR count). The fourth-order valence-corrected chi connectivity index (χ4v) is 2.61. The average molecular weight is 404 g/mol. The third kappa shape index (κ3) is 7.57. The van der Waals surface area contributed by atoms with Crippen molar-refractivity contribution >= 4 is 11.9 Å². The van der Waals surface area contributed by atoms with Crippen LogP contribution in [0.2, 0.25) is 0 Å². The first-order chi connectivity index (χ1) is 13.8. The van der Waals surface area contributed by atoms with Gasteiger partial charge in [0.15, 0.2) is 5.96 Å². The van der Waals surface area contributed by atoms with Crippen molar-refractivity contribution in [3.8, 4) is 0 Å². The van der Waals surface area contributed by atoms with Crippen LogP contribution in [0.1, 0.15) is 30.9 Å². The number of nitrogens with one attached hydrogen (secondary N) is 3. The van der Waals surface area contributed by atoms with Gasteiger partial charge in [0.2, 0.25) is 5.91 Å². The van der Waals surface area contributed by atoms with Gasteiger partial charge in [-0.25, -0.2) is 9.38 Å². The lowest BCUT2D eigenvalue weighted by molar-refractivity contribution is -0.120. The Labute approximate surface area is 170 Å². The van der Waals surface area contributed by atoms with Gasteiger partial charge in [-0.3, -0.25) is 4.79 Å². The number of amides is 1. The van der Waals surface area contributed by atoms with Crippen LogP contribution in [-0.2, 0) is 16.8 Å². The van der Waals surface area contributed by atoms with Gasteiger partial charge < -0.3 is 25.5 Å². The highest BCUT2D eigenvalue weighted by Gasteiger charge is 2.26. The molecule has 4 N–H and O–H groups in total. The Morgan fingerprint density at radius 1 is 1.14 bits per heavy atom. The van der Waals surface area contributed by atoms with Crippen molar-refractivity contribution in [2.75, 3.05) is 26.2 Å². The number of furan rings is 1. The Morgan fingerprint density at radius 2 is 1.83 bits per heavy atom. The third-order valence-corrected chi connectivity index (χ3v) is 4.18. The van der Waals surface area contributed by atoms with Crippen LogP contribution >= 0.6 is 0 Å². The molecule has 8 heteroatoms. The Kier molecular flexibility index (Phi) is 8.21. The molecule has 1 heterocycles. The van der Waals surface area contributed by atoms with Gasteiger partial charge in [0.1, 0.15) is 22.9 Å². The standard InChI is InChI=1S/C21H29FN4O3/c1-4-23-20(26-14-21(3,28)18-10-5-15(2)29-18)25-12-11-24-19(27)13-16-6-8-17(22)9-7-16/h5-10,28H,4,11-14H2,1-3H3,(H,24,27)(H2,23,25,26). The van der Waals surface area contributed by atoms with Crippen molar-refractivity contribution < 1.29 is 18.7 Å². The molecular formula is C21H29FN4O3. The van der Waals surface area contributed by atoms with Gasteiger partial charge in [0, 0.05) is 19.6 Å². The zero-order chi connectivity index (χ0) is 21.3. The molecule has 1 amide bonds. The second-order valence-corrected chi connectivity index (χ2v) is 6.96. The number of benzene rings is 1. The summed E-state index contributed by atoms with van der Waals surface area (Å²) in [6.45, 7) is 7.04. The minimum Gasteiger partial charge on any atom is -0.463 e. The summed E-state index contributed by atoms with van der Waals surface area (Å²) in [6, 6.07) is 9.39. The lowest BCUT2D eigenvalue weighted by atomic mass is 10.0. The van der Waals surface area contributed by atoms with Crippen LogP contribution in [0, 0.1) is 12.7 Å². The van der Waals surface area contributed by atoms with E-state index in [0.717, 1.165) is 11.3 Å². The lowest BCUT2D eigenvalue weighted by Crippen LogP contribution is -2.42. The quantitative estimate of drug-likeness (QED) is 0.290. The summed E-state index contributed by atoms with van der Waals surface area (Å²) in [4.78, 5) is 16.4. The van der Waals surface area contributed by atoms with Gasteiger partial charge in [0.05, 0.1) is 13.0 Å². The van der Waals surface area contributed by atoms with Crippen molar-refractivity contribution in [2.45, 2.75) is 32.8 Å². The van der Waals surface area contributed by atoms with Crippen LogP contribution in [0.5, 0.6) is 0 Å². The lowest BCUT2D eigenvalue weighted by Gasteiger charge is -2.19. The summed E-state index contributed by atoms with van der Waals surface area (Å²) in [5, 5.41) is 19.6. The van der Waals surface area contributed by atoms with Gasteiger partial charge in [-0.2, -0.15) is 0 Å². The van der Waals surface area contributed by atoms with Crippen molar-refractivity contribution in [3.05, 3.63) is 59.3 Å². The SMILES string of the molecule is CCNC(=NCC(C)(O)c1ccc(C)o1)NCCNC(=O)Cc1ccc(F)cc1. The maximum atomic E-state index is 12.9. The summed E-state index contributed by atoms with van der Waals surface area (Å²) < 4.78 is 18.4. The van der Waals surface area contributed by atoms with Gasteiger partial charge in [-0.05, 0) is 50.6 Å². The minimum atomic E-state index is -1.22. The van der Waals surface area contributed by atoms with Crippen molar-refractivity contribution in [2.24, 2.45) is 4.99 Å². The average Bonchev–Trinajstić information content (AvgIpc) is 3.12. The minimum absolute atomic E-state index is 0.117. The molecule has 1 atom stereocenters. The molecule has 158 valence electrons. The molecule has 0 fully saturated rings. The van der Waals surface area contributed by atoms with Gasteiger partial charge in [-0.1, -0.05) is 12.1 Å². The molecule has 0 radical (unpaired) electrons. The largest absolute Gasteiger partial charge is 0.463 e. The Morgan fingerprint density at radius 3 is 2.45 bits per heavy atom. The van der Waals surface area contributed by atoms with E-state index in [1.807, 2.05) is 13.8 Å². The summed E-state index contributed by atoms with van der Waals surface area (Å²) >= 11 is 0. The number of rotatable bonds is 9. The molecule has 7 nitrogen and oxygen atoms in total. The molecule has 0 aliphatic carbocycles. The van der Waals surface area contributed by atoms with E-state index in [-0.39, 0.29) is 24.7 Å². The van der Waals surface area contributed by atoms with Crippen LogP contribution in [0.4, 0.5) is 4.39 Å². The topological polar surface area (TPSA) is 98.9 Å².